The fourth-order valence-electron chi connectivity index (χ4n) is 5.39. The van der Waals surface area contributed by atoms with Crippen LogP contribution >= 0.6 is 0 Å². The molecule has 1 heterocycles. The molecule has 4 bridgehead atoms. The van der Waals surface area contributed by atoms with Gasteiger partial charge in [-0.3, -0.25) is 0 Å². The summed E-state index contributed by atoms with van der Waals surface area (Å²) in [6, 6.07) is -0.0249. The second-order valence-electron chi connectivity index (χ2n) is 7.22. The highest BCUT2D eigenvalue weighted by Gasteiger charge is 2.50. The van der Waals surface area contributed by atoms with E-state index in [-0.39, 0.29) is 6.04 Å². The minimum atomic E-state index is -0.0249. The van der Waals surface area contributed by atoms with Crippen LogP contribution in [0.4, 0.5) is 0 Å². The summed E-state index contributed by atoms with van der Waals surface area (Å²) >= 11 is 0. The van der Waals surface area contributed by atoms with Crippen molar-refractivity contribution in [3.05, 3.63) is 11.6 Å². The molecule has 4 aliphatic carbocycles. The smallest absolute Gasteiger partial charge is 0.149 e. The summed E-state index contributed by atoms with van der Waals surface area (Å²) in [4.78, 5) is 0. The zero-order valence-electron chi connectivity index (χ0n) is 11.9. The van der Waals surface area contributed by atoms with E-state index < -0.39 is 0 Å². The van der Waals surface area contributed by atoms with E-state index in [0.717, 1.165) is 29.5 Å². The van der Waals surface area contributed by atoms with Crippen molar-refractivity contribution in [3.63, 3.8) is 0 Å². The number of aromatic nitrogens is 3. The maximum absolute atomic E-state index is 5.98. The Hall–Kier alpha value is -0.900. The highest BCUT2D eigenvalue weighted by Crippen LogP contribution is 2.59. The molecule has 4 saturated carbocycles. The third-order valence-corrected chi connectivity index (χ3v) is 5.87. The second kappa shape index (κ2) is 4.05. The molecule has 4 fully saturated rings. The SMILES string of the molecule is CC(N)c1nnc(C2C3CC4CC(C3)CC2C4)n1C. The highest BCUT2D eigenvalue weighted by atomic mass is 15.3. The van der Waals surface area contributed by atoms with Gasteiger partial charge >= 0.3 is 0 Å². The molecule has 0 radical (unpaired) electrons. The first-order valence-corrected chi connectivity index (χ1v) is 7.78. The fourth-order valence-corrected chi connectivity index (χ4v) is 5.39. The molecule has 1 aromatic rings. The first-order chi connectivity index (χ1) is 9.13. The van der Waals surface area contributed by atoms with E-state index in [4.69, 9.17) is 5.73 Å². The molecule has 0 saturated heterocycles. The lowest BCUT2D eigenvalue weighted by Gasteiger charge is -2.53. The highest BCUT2D eigenvalue weighted by molar-refractivity contribution is 5.13. The van der Waals surface area contributed by atoms with Crippen LogP contribution in [0.15, 0.2) is 0 Å². The van der Waals surface area contributed by atoms with Gasteiger partial charge in [0.25, 0.3) is 0 Å². The Labute approximate surface area is 114 Å². The van der Waals surface area contributed by atoms with Gasteiger partial charge in [-0.05, 0) is 62.7 Å². The minimum Gasteiger partial charge on any atom is -0.322 e. The maximum Gasteiger partial charge on any atom is 0.149 e. The summed E-state index contributed by atoms with van der Waals surface area (Å²) < 4.78 is 2.18. The molecular weight excluding hydrogens is 236 g/mol. The van der Waals surface area contributed by atoms with Crippen LogP contribution in [0.5, 0.6) is 0 Å². The molecule has 104 valence electrons. The number of hydrogen-bond donors (Lipinski definition) is 1. The van der Waals surface area contributed by atoms with Crippen LogP contribution in [0.3, 0.4) is 0 Å². The van der Waals surface area contributed by atoms with Crippen LogP contribution in [-0.4, -0.2) is 14.8 Å². The molecule has 0 aliphatic heterocycles. The van der Waals surface area contributed by atoms with Gasteiger partial charge in [0.05, 0.1) is 6.04 Å². The van der Waals surface area contributed by atoms with Gasteiger partial charge in [0.2, 0.25) is 0 Å². The molecule has 5 rings (SSSR count). The van der Waals surface area contributed by atoms with E-state index in [1.807, 2.05) is 6.92 Å². The van der Waals surface area contributed by atoms with Crippen LogP contribution in [-0.2, 0) is 7.05 Å². The number of rotatable bonds is 2. The van der Waals surface area contributed by atoms with E-state index in [1.165, 1.54) is 37.9 Å². The molecule has 2 N–H and O–H groups in total. The van der Waals surface area contributed by atoms with Crippen molar-refractivity contribution in [2.24, 2.45) is 36.5 Å². The zero-order chi connectivity index (χ0) is 13.1. The Kier molecular flexibility index (Phi) is 2.53. The molecule has 0 aromatic carbocycles. The van der Waals surface area contributed by atoms with Crippen molar-refractivity contribution in [1.29, 1.82) is 0 Å². The van der Waals surface area contributed by atoms with Crippen LogP contribution < -0.4 is 5.73 Å². The van der Waals surface area contributed by atoms with E-state index >= 15 is 0 Å². The first kappa shape index (κ1) is 11.9. The molecule has 1 atom stereocenters. The summed E-state index contributed by atoms with van der Waals surface area (Å²) in [5.41, 5.74) is 5.98. The predicted octanol–water partition coefficient (Wildman–Crippen LogP) is 2.37. The maximum atomic E-state index is 5.98. The van der Waals surface area contributed by atoms with Gasteiger partial charge < -0.3 is 10.3 Å². The van der Waals surface area contributed by atoms with Crippen molar-refractivity contribution in [2.75, 3.05) is 0 Å². The summed E-state index contributed by atoms with van der Waals surface area (Å²) in [6.07, 6.45) is 7.22. The Bertz CT molecular complexity index is 462. The van der Waals surface area contributed by atoms with Crippen molar-refractivity contribution in [1.82, 2.24) is 14.8 Å². The monoisotopic (exact) mass is 260 g/mol. The normalized spacial score (nSPS) is 41.7. The molecule has 4 aliphatic rings. The van der Waals surface area contributed by atoms with Gasteiger partial charge in [-0.2, -0.15) is 0 Å². The third kappa shape index (κ3) is 1.69. The molecule has 4 nitrogen and oxygen atoms in total. The molecule has 1 aromatic heterocycles. The number of nitrogens with two attached hydrogens (primary N) is 1. The van der Waals surface area contributed by atoms with Gasteiger partial charge in [0, 0.05) is 13.0 Å². The van der Waals surface area contributed by atoms with E-state index in [0.29, 0.717) is 5.92 Å². The Morgan fingerprint density at radius 2 is 1.63 bits per heavy atom. The molecule has 4 heteroatoms. The molecular formula is C15H24N4. The van der Waals surface area contributed by atoms with Crippen molar-refractivity contribution in [3.8, 4) is 0 Å². The van der Waals surface area contributed by atoms with E-state index in [9.17, 15) is 0 Å². The average Bonchev–Trinajstić information content (AvgIpc) is 2.70. The summed E-state index contributed by atoms with van der Waals surface area (Å²) in [5, 5.41) is 8.85. The van der Waals surface area contributed by atoms with Gasteiger partial charge in [0.1, 0.15) is 11.6 Å². The average molecular weight is 260 g/mol. The molecule has 0 spiro atoms. The standard InChI is InChI=1S/C15H24N4/c1-8(16)14-17-18-15(19(14)2)13-11-4-9-3-10(6-11)7-12(13)5-9/h8-13H,3-7,16H2,1-2H3. The molecule has 19 heavy (non-hydrogen) atoms. The summed E-state index contributed by atoms with van der Waals surface area (Å²) in [5.74, 6) is 6.54. The van der Waals surface area contributed by atoms with Gasteiger partial charge in [0.15, 0.2) is 0 Å². The topological polar surface area (TPSA) is 56.7 Å². The molecule has 1 unspecified atom stereocenters. The van der Waals surface area contributed by atoms with E-state index in [1.54, 1.807) is 0 Å². The van der Waals surface area contributed by atoms with Crippen LogP contribution in [0, 0.1) is 23.7 Å². The van der Waals surface area contributed by atoms with Crippen molar-refractivity contribution in [2.45, 2.75) is 51.0 Å². The van der Waals surface area contributed by atoms with Crippen LogP contribution in [0.1, 0.15) is 62.6 Å². The number of hydrogen-bond acceptors (Lipinski definition) is 3. The number of nitrogens with zero attached hydrogens (tertiary/aromatic N) is 3. The first-order valence-electron chi connectivity index (χ1n) is 7.78. The minimum absolute atomic E-state index is 0.0249. The van der Waals surface area contributed by atoms with Crippen molar-refractivity contribution < 1.29 is 0 Å². The molecule has 0 amide bonds. The largest absolute Gasteiger partial charge is 0.322 e. The second-order valence-corrected chi connectivity index (χ2v) is 7.22. The quantitative estimate of drug-likeness (QED) is 0.888. The Morgan fingerprint density at radius 3 is 2.11 bits per heavy atom. The Morgan fingerprint density at radius 1 is 1.05 bits per heavy atom. The third-order valence-electron chi connectivity index (χ3n) is 5.87. The van der Waals surface area contributed by atoms with E-state index in [2.05, 4.69) is 21.8 Å². The summed E-state index contributed by atoms with van der Waals surface area (Å²) in [6.45, 7) is 1.99. The van der Waals surface area contributed by atoms with Crippen LogP contribution in [0.2, 0.25) is 0 Å². The lowest BCUT2D eigenvalue weighted by atomic mass is 9.51. The van der Waals surface area contributed by atoms with Gasteiger partial charge in [-0.15, -0.1) is 10.2 Å². The predicted molar refractivity (Wildman–Crippen MR) is 73.4 cm³/mol. The fraction of sp³-hybridized carbons (Fsp3) is 0.867. The lowest BCUT2D eigenvalue weighted by Crippen LogP contribution is -2.44. The van der Waals surface area contributed by atoms with Crippen LogP contribution in [0.25, 0.3) is 0 Å². The lowest BCUT2D eigenvalue weighted by molar-refractivity contribution is -0.00666. The van der Waals surface area contributed by atoms with Crippen molar-refractivity contribution >= 4 is 0 Å². The Balaban J connectivity index is 1.69. The van der Waals surface area contributed by atoms with Gasteiger partial charge in [-0.25, -0.2) is 0 Å². The summed E-state index contributed by atoms with van der Waals surface area (Å²) in [7, 11) is 2.10. The zero-order valence-corrected chi connectivity index (χ0v) is 11.9. The van der Waals surface area contributed by atoms with Gasteiger partial charge in [-0.1, -0.05) is 0 Å².